The molecule has 3 nitrogen and oxygen atoms in total. The van der Waals surface area contributed by atoms with Crippen molar-refractivity contribution in [3.8, 4) is 0 Å². The number of carboxylic acid groups (broad SMARTS) is 1. The lowest BCUT2D eigenvalue weighted by Gasteiger charge is -2.37. The third-order valence-electron chi connectivity index (χ3n) is 2.87. The Morgan fingerprint density at radius 1 is 1.64 bits per heavy atom. The summed E-state index contributed by atoms with van der Waals surface area (Å²) in [7, 11) is 0. The number of rotatable bonds is 4. The third-order valence-corrected chi connectivity index (χ3v) is 3.46. The van der Waals surface area contributed by atoms with Gasteiger partial charge in [-0.2, -0.15) is 11.8 Å². The van der Waals surface area contributed by atoms with E-state index in [-0.39, 0.29) is 6.04 Å². The molecular weight excluding hydrogens is 198 g/mol. The van der Waals surface area contributed by atoms with Crippen LogP contribution in [0, 0.1) is 5.92 Å². The zero-order valence-electron chi connectivity index (χ0n) is 8.90. The second-order valence-electron chi connectivity index (χ2n) is 3.93. The summed E-state index contributed by atoms with van der Waals surface area (Å²) in [6.45, 7) is 3.90. The topological polar surface area (TPSA) is 40.5 Å². The second kappa shape index (κ2) is 5.61. The molecule has 82 valence electrons. The number of hydrogen-bond donors (Lipinski definition) is 1. The van der Waals surface area contributed by atoms with Gasteiger partial charge >= 0.3 is 5.97 Å². The summed E-state index contributed by atoms with van der Waals surface area (Å²) in [4.78, 5) is 13.2. The van der Waals surface area contributed by atoms with Gasteiger partial charge in [0.05, 0.1) is 0 Å². The zero-order valence-corrected chi connectivity index (χ0v) is 9.72. The lowest BCUT2D eigenvalue weighted by molar-refractivity contribution is -0.146. The minimum Gasteiger partial charge on any atom is -0.480 e. The van der Waals surface area contributed by atoms with Crippen molar-refractivity contribution in [1.82, 2.24) is 4.90 Å². The van der Waals surface area contributed by atoms with E-state index in [9.17, 15) is 4.79 Å². The molecule has 2 unspecified atom stereocenters. The van der Waals surface area contributed by atoms with E-state index in [0.717, 1.165) is 31.7 Å². The normalized spacial score (nSPS) is 29.0. The highest BCUT2D eigenvalue weighted by Gasteiger charge is 2.33. The van der Waals surface area contributed by atoms with Crippen LogP contribution in [-0.2, 0) is 4.79 Å². The van der Waals surface area contributed by atoms with Crippen LogP contribution in [0.4, 0.5) is 0 Å². The van der Waals surface area contributed by atoms with Crippen molar-refractivity contribution in [3.63, 3.8) is 0 Å². The summed E-state index contributed by atoms with van der Waals surface area (Å²) in [5.41, 5.74) is 0. The Kier molecular flexibility index (Phi) is 4.75. The highest BCUT2D eigenvalue weighted by molar-refractivity contribution is 7.98. The van der Waals surface area contributed by atoms with Gasteiger partial charge in [0.2, 0.25) is 0 Å². The van der Waals surface area contributed by atoms with Gasteiger partial charge in [-0.25, -0.2) is 0 Å². The average molecular weight is 217 g/mol. The number of carbonyl (C=O) groups is 1. The first kappa shape index (κ1) is 11.9. The van der Waals surface area contributed by atoms with E-state index in [1.807, 2.05) is 6.92 Å². The molecule has 0 saturated carbocycles. The first-order valence-electron chi connectivity index (χ1n) is 5.12. The van der Waals surface area contributed by atoms with E-state index in [2.05, 4.69) is 11.2 Å². The largest absolute Gasteiger partial charge is 0.480 e. The molecule has 0 radical (unpaired) electrons. The van der Waals surface area contributed by atoms with Gasteiger partial charge in [-0.05, 0) is 31.6 Å². The highest BCUT2D eigenvalue weighted by atomic mass is 32.2. The van der Waals surface area contributed by atoms with E-state index in [4.69, 9.17) is 5.11 Å². The molecule has 0 aromatic rings. The van der Waals surface area contributed by atoms with Crippen molar-refractivity contribution in [2.24, 2.45) is 5.92 Å². The summed E-state index contributed by atoms with van der Waals surface area (Å²) in [5.74, 6) is 0.664. The molecule has 1 fully saturated rings. The zero-order chi connectivity index (χ0) is 10.6. The van der Waals surface area contributed by atoms with Crippen LogP contribution >= 0.6 is 11.8 Å². The molecule has 0 aromatic heterocycles. The molecule has 1 aliphatic heterocycles. The van der Waals surface area contributed by atoms with E-state index in [1.165, 1.54) is 0 Å². The maximum absolute atomic E-state index is 11.1. The fourth-order valence-electron chi connectivity index (χ4n) is 2.13. The van der Waals surface area contributed by atoms with Gasteiger partial charge in [0.1, 0.15) is 6.04 Å². The lowest BCUT2D eigenvalue weighted by atomic mass is 9.91. The third kappa shape index (κ3) is 2.89. The summed E-state index contributed by atoms with van der Waals surface area (Å²) < 4.78 is 0. The molecular formula is C10H19NO2S. The minimum atomic E-state index is -0.654. The van der Waals surface area contributed by atoms with Crippen LogP contribution in [0.1, 0.15) is 19.8 Å². The van der Waals surface area contributed by atoms with Gasteiger partial charge in [0.25, 0.3) is 0 Å². The van der Waals surface area contributed by atoms with Gasteiger partial charge in [-0.15, -0.1) is 0 Å². The monoisotopic (exact) mass is 217 g/mol. The maximum atomic E-state index is 11.1. The first-order chi connectivity index (χ1) is 6.66. The summed E-state index contributed by atoms with van der Waals surface area (Å²) in [6, 6.07) is -0.254. The van der Waals surface area contributed by atoms with Gasteiger partial charge in [-0.3, -0.25) is 9.69 Å². The minimum absolute atomic E-state index is 0.254. The van der Waals surface area contributed by atoms with Gasteiger partial charge < -0.3 is 5.11 Å². The molecule has 0 spiro atoms. The van der Waals surface area contributed by atoms with Crippen molar-refractivity contribution >= 4 is 17.7 Å². The molecule has 14 heavy (non-hydrogen) atoms. The van der Waals surface area contributed by atoms with Crippen molar-refractivity contribution < 1.29 is 9.90 Å². The number of aliphatic carboxylic acids is 1. The van der Waals surface area contributed by atoms with Gasteiger partial charge in [0, 0.05) is 12.3 Å². The van der Waals surface area contributed by atoms with E-state index >= 15 is 0 Å². The summed E-state index contributed by atoms with van der Waals surface area (Å²) in [6.07, 6.45) is 4.25. The Morgan fingerprint density at radius 3 is 2.93 bits per heavy atom. The van der Waals surface area contributed by atoms with Crippen LogP contribution in [0.15, 0.2) is 0 Å². The highest BCUT2D eigenvalue weighted by Crippen LogP contribution is 2.23. The molecule has 0 amide bonds. The SMILES string of the molecule is CSCCN1CCCC(C)C1C(=O)O. The molecule has 1 aliphatic rings. The Hall–Kier alpha value is -0.220. The standard InChI is InChI=1S/C10H19NO2S/c1-8-4-3-5-11(6-7-14-2)9(8)10(12)13/h8-9H,3-7H2,1-2H3,(H,12,13). The average Bonchev–Trinajstić information content (AvgIpc) is 2.14. The van der Waals surface area contributed by atoms with Gasteiger partial charge in [-0.1, -0.05) is 6.92 Å². The van der Waals surface area contributed by atoms with Gasteiger partial charge in [0.15, 0.2) is 0 Å². The Bertz CT molecular complexity index is 199. The van der Waals surface area contributed by atoms with Crippen LogP contribution < -0.4 is 0 Å². The number of hydrogen-bond acceptors (Lipinski definition) is 3. The Morgan fingerprint density at radius 2 is 2.36 bits per heavy atom. The molecule has 1 saturated heterocycles. The van der Waals surface area contributed by atoms with Crippen LogP contribution in [0.3, 0.4) is 0 Å². The summed E-state index contributed by atoms with van der Waals surface area (Å²) in [5, 5.41) is 9.13. The molecule has 4 heteroatoms. The van der Waals surface area contributed by atoms with E-state index < -0.39 is 5.97 Å². The van der Waals surface area contributed by atoms with Crippen molar-refractivity contribution in [1.29, 1.82) is 0 Å². The quantitative estimate of drug-likeness (QED) is 0.775. The molecule has 1 heterocycles. The Labute approximate surface area is 89.9 Å². The maximum Gasteiger partial charge on any atom is 0.321 e. The summed E-state index contributed by atoms with van der Waals surface area (Å²) >= 11 is 1.78. The molecule has 0 aliphatic carbocycles. The smallest absolute Gasteiger partial charge is 0.321 e. The van der Waals surface area contributed by atoms with Crippen molar-refractivity contribution in [3.05, 3.63) is 0 Å². The number of thioether (sulfide) groups is 1. The molecule has 1 rings (SSSR count). The van der Waals surface area contributed by atoms with Crippen molar-refractivity contribution in [2.45, 2.75) is 25.8 Å². The first-order valence-corrected chi connectivity index (χ1v) is 6.52. The van der Waals surface area contributed by atoms with Crippen LogP contribution in [0.2, 0.25) is 0 Å². The van der Waals surface area contributed by atoms with Crippen LogP contribution in [0.5, 0.6) is 0 Å². The van der Waals surface area contributed by atoms with Crippen molar-refractivity contribution in [2.75, 3.05) is 25.1 Å². The molecule has 1 N–H and O–H groups in total. The molecule has 2 atom stereocenters. The van der Waals surface area contributed by atoms with E-state index in [0.29, 0.717) is 5.92 Å². The second-order valence-corrected chi connectivity index (χ2v) is 4.92. The number of piperidine rings is 1. The number of nitrogens with zero attached hydrogens (tertiary/aromatic N) is 1. The van der Waals surface area contributed by atoms with E-state index in [1.54, 1.807) is 11.8 Å². The van der Waals surface area contributed by atoms with Crippen LogP contribution in [-0.4, -0.2) is 47.1 Å². The van der Waals surface area contributed by atoms with Crippen LogP contribution in [0.25, 0.3) is 0 Å². The predicted molar refractivity (Wildman–Crippen MR) is 59.8 cm³/mol. The Balaban J connectivity index is 2.55. The lowest BCUT2D eigenvalue weighted by Crippen LogP contribution is -2.49. The fourth-order valence-corrected chi connectivity index (χ4v) is 2.55. The number of likely N-dealkylation sites (tertiary alicyclic amines) is 1. The molecule has 0 aromatic carbocycles. The number of carboxylic acids is 1. The molecule has 0 bridgehead atoms. The fraction of sp³-hybridized carbons (Fsp3) is 0.900. The predicted octanol–water partition coefficient (Wildman–Crippen LogP) is 1.53.